The van der Waals surface area contributed by atoms with Crippen LogP contribution in [0.15, 0.2) is 66.4 Å². The summed E-state index contributed by atoms with van der Waals surface area (Å²) < 4.78 is 17.4. The van der Waals surface area contributed by atoms with Gasteiger partial charge in [-0.05, 0) is 73.2 Å². The van der Waals surface area contributed by atoms with E-state index >= 15 is 0 Å². The predicted octanol–water partition coefficient (Wildman–Crippen LogP) is 4.35. The molecule has 2 amide bonds. The molecule has 9 nitrogen and oxygen atoms in total. The van der Waals surface area contributed by atoms with Crippen molar-refractivity contribution in [2.24, 2.45) is 5.92 Å². The van der Waals surface area contributed by atoms with Crippen LogP contribution in [0.5, 0.6) is 5.75 Å². The first-order valence-corrected chi connectivity index (χ1v) is 16.4. The number of amides is 2. The Morgan fingerprint density at radius 2 is 1.91 bits per heavy atom. The Labute approximate surface area is 266 Å². The summed E-state index contributed by atoms with van der Waals surface area (Å²) >= 11 is 0. The molecule has 1 aliphatic carbocycles. The van der Waals surface area contributed by atoms with Gasteiger partial charge in [-0.3, -0.25) is 9.59 Å². The van der Waals surface area contributed by atoms with Crippen LogP contribution in [0.3, 0.4) is 0 Å². The molecular formula is C36H46N4O5. The molecule has 0 bridgehead atoms. The van der Waals surface area contributed by atoms with Crippen LogP contribution in [-0.4, -0.2) is 93.9 Å². The quantitative estimate of drug-likeness (QED) is 0.399. The van der Waals surface area contributed by atoms with Crippen molar-refractivity contribution in [1.82, 2.24) is 15.1 Å². The lowest BCUT2D eigenvalue weighted by Crippen LogP contribution is -2.49. The number of piperidine rings is 1. The summed E-state index contributed by atoms with van der Waals surface area (Å²) in [5.74, 6) is 1.55. The number of piperazine rings is 1. The highest BCUT2D eigenvalue weighted by molar-refractivity contribution is 5.98. The molecule has 3 heterocycles. The highest BCUT2D eigenvalue weighted by atomic mass is 16.5. The average Bonchev–Trinajstić information content (AvgIpc) is 3.08. The molecule has 0 aromatic heterocycles. The number of hydrogen-bond acceptors (Lipinski definition) is 7. The third-order valence-corrected chi connectivity index (χ3v) is 9.50. The topological polar surface area (TPSA) is 83.6 Å². The van der Waals surface area contributed by atoms with Crippen LogP contribution in [0, 0.1) is 5.92 Å². The molecule has 0 saturated carbocycles. The molecular weight excluding hydrogens is 568 g/mol. The Morgan fingerprint density at radius 1 is 1.09 bits per heavy atom. The van der Waals surface area contributed by atoms with E-state index in [1.165, 1.54) is 11.3 Å². The molecule has 1 unspecified atom stereocenters. The highest BCUT2D eigenvalue weighted by Gasteiger charge is 2.30. The minimum Gasteiger partial charge on any atom is -0.482 e. The third kappa shape index (κ3) is 7.27. The van der Waals surface area contributed by atoms with Crippen LogP contribution < -0.4 is 15.0 Å². The number of methoxy groups -OCH3 is 1. The number of nitrogens with one attached hydrogen (secondary N) is 1. The van der Waals surface area contributed by atoms with Crippen LogP contribution in [0.25, 0.3) is 0 Å². The van der Waals surface area contributed by atoms with Crippen LogP contribution in [0.1, 0.15) is 53.6 Å². The first-order valence-electron chi connectivity index (χ1n) is 16.4. The van der Waals surface area contributed by atoms with Crippen molar-refractivity contribution in [3.8, 4) is 5.75 Å². The average molecular weight is 615 g/mol. The summed E-state index contributed by atoms with van der Waals surface area (Å²) in [5, 5.41) is 3.48. The van der Waals surface area contributed by atoms with Gasteiger partial charge in [0.25, 0.3) is 11.8 Å². The van der Waals surface area contributed by atoms with Gasteiger partial charge < -0.3 is 34.2 Å². The van der Waals surface area contributed by atoms with Crippen molar-refractivity contribution < 1.29 is 23.8 Å². The van der Waals surface area contributed by atoms with Gasteiger partial charge in [-0.25, -0.2) is 0 Å². The number of carbonyl (C=O) groups is 2. The van der Waals surface area contributed by atoms with Crippen molar-refractivity contribution in [3.05, 3.63) is 83.1 Å². The van der Waals surface area contributed by atoms with Gasteiger partial charge in [0.1, 0.15) is 5.75 Å². The van der Waals surface area contributed by atoms with E-state index in [2.05, 4.69) is 47.5 Å². The predicted molar refractivity (Wildman–Crippen MR) is 175 cm³/mol. The standard InChI is InChI=1S/C36H46N4O5/c1-26-6-3-4-7-31(26)38-17-19-39(20-18-38)36(42)29-11-9-28(10-12-29)30-14-15-37-23-34(30)44-24-27-8-13-33-32(22-27)40(16-5-21-43-2)35(41)25-45-33/h3-4,7-13,22,26,30,34,37H,5-6,14-21,23-25H2,1-2H3/t26?,30-,34+/m1/s1. The SMILES string of the molecule is COCCCN1C(=O)COc2ccc(CO[C@H]3CNCC[C@@H]3c3ccc(C(=O)N4CCN(C5=CC=CCC5C)CC4)cc3)cc21. The summed E-state index contributed by atoms with van der Waals surface area (Å²) in [5.41, 5.74) is 5.13. The second-order valence-corrected chi connectivity index (χ2v) is 12.5. The van der Waals surface area contributed by atoms with Crippen LogP contribution >= 0.6 is 0 Å². The fourth-order valence-electron chi connectivity index (χ4n) is 6.91. The Hall–Kier alpha value is -3.66. The number of hydrogen-bond donors (Lipinski definition) is 1. The van der Waals surface area contributed by atoms with Gasteiger partial charge in [-0.1, -0.05) is 37.3 Å². The van der Waals surface area contributed by atoms with E-state index in [1.807, 2.05) is 35.2 Å². The van der Waals surface area contributed by atoms with Gasteiger partial charge in [-0.15, -0.1) is 0 Å². The zero-order valence-corrected chi connectivity index (χ0v) is 26.6. The van der Waals surface area contributed by atoms with E-state index in [4.69, 9.17) is 14.2 Å². The summed E-state index contributed by atoms with van der Waals surface area (Å²) in [6.45, 7) is 8.88. The molecule has 240 valence electrons. The Balaban J connectivity index is 1.06. The summed E-state index contributed by atoms with van der Waals surface area (Å²) in [4.78, 5) is 32.2. The number of carbonyl (C=O) groups excluding carboxylic acids is 2. The van der Waals surface area contributed by atoms with Gasteiger partial charge in [0, 0.05) is 70.2 Å². The Kier molecular flexibility index (Phi) is 10.2. The molecule has 3 aliphatic heterocycles. The number of ether oxygens (including phenoxy) is 3. The highest BCUT2D eigenvalue weighted by Crippen LogP contribution is 2.34. The van der Waals surface area contributed by atoms with Crippen molar-refractivity contribution in [2.75, 3.05) is 71.0 Å². The summed E-state index contributed by atoms with van der Waals surface area (Å²) in [6, 6.07) is 14.1. The lowest BCUT2D eigenvalue weighted by molar-refractivity contribution is -0.121. The monoisotopic (exact) mass is 614 g/mol. The molecule has 6 rings (SSSR count). The van der Waals surface area contributed by atoms with Crippen molar-refractivity contribution in [1.29, 1.82) is 0 Å². The largest absolute Gasteiger partial charge is 0.482 e. The number of fused-ring (bicyclic) bond motifs is 1. The third-order valence-electron chi connectivity index (χ3n) is 9.50. The maximum atomic E-state index is 13.4. The number of allylic oxidation sites excluding steroid dienone is 4. The molecule has 2 aromatic carbocycles. The number of benzene rings is 2. The van der Waals surface area contributed by atoms with E-state index in [0.717, 1.165) is 81.1 Å². The van der Waals surface area contributed by atoms with E-state index in [-0.39, 0.29) is 30.4 Å². The lowest BCUT2D eigenvalue weighted by Gasteiger charge is -2.39. The van der Waals surface area contributed by atoms with Crippen molar-refractivity contribution in [3.63, 3.8) is 0 Å². The Morgan fingerprint density at radius 3 is 2.69 bits per heavy atom. The van der Waals surface area contributed by atoms with E-state index in [0.29, 0.717) is 25.7 Å². The molecule has 0 radical (unpaired) electrons. The van der Waals surface area contributed by atoms with E-state index in [1.54, 1.807) is 12.0 Å². The van der Waals surface area contributed by atoms with E-state index in [9.17, 15) is 9.59 Å². The molecule has 45 heavy (non-hydrogen) atoms. The summed E-state index contributed by atoms with van der Waals surface area (Å²) in [6.07, 6.45) is 9.40. The maximum absolute atomic E-state index is 13.4. The Bertz CT molecular complexity index is 1400. The van der Waals surface area contributed by atoms with Gasteiger partial charge in [0.2, 0.25) is 0 Å². The van der Waals surface area contributed by atoms with Gasteiger partial charge in [0.05, 0.1) is 18.4 Å². The summed E-state index contributed by atoms with van der Waals surface area (Å²) in [7, 11) is 1.67. The molecule has 3 atom stereocenters. The molecule has 2 fully saturated rings. The zero-order valence-electron chi connectivity index (χ0n) is 26.6. The fraction of sp³-hybridized carbons (Fsp3) is 0.500. The molecule has 1 N–H and O–H groups in total. The van der Waals surface area contributed by atoms with Crippen molar-refractivity contribution >= 4 is 17.5 Å². The zero-order chi connectivity index (χ0) is 31.2. The fourth-order valence-corrected chi connectivity index (χ4v) is 6.91. The van der Waals surface area contributed by atoms with Crippen molar-refractivity contribution in [2.45, 2.75) is 44.8 Å². The second-order valence-electron chi connectivity index (χ2n) is 12.5. The molecule has 0 spiro atoms. The molecule has 9 heteroatoms. The maximum Gasteiger partial charge on any atom is 0.265 e. The van der Waals surface area contributed by atoms with E-state index < -0.39 is 0 Å². The van der Waals surface area contributed by atoms with Gasteiger partial charge in [-0.2, -0.15) is 0 Å². The van der Waals surface area contributed by atoms with Gasteiger partial charge >= 0.3 is 0 Å². The van der Waals surface area contributed by atoms with Crippen LogP contribution in [0.2, 0.25) is 0 Å². The first-order chi connectivity index (χ1) is 22.0. The molecule has 2 aromatic rings. The van der Waals surface area contributed by atoms with Gasteiger partial charge in [0.15, 0.2) is 6.61 Å². The number of nitrogens with zero attached hydrogens (tertiary/aromatic N) is 3. The molecule has 2 saturated heterocycles. The first kappa shape index (κ1) is 31.3. The minimum atomic E-state index is -0.0400. The normalized spacial score (nSPS) is 23.4. The van der Waals surface area contributed by atoms with Crippen LogP contribution in [0.4, 0.5) is 5.69 Å². The smallest absolute Gasteiger partial charge is 0.265 e. The minimum absolute atomic E-state index is 0.00794. The molecule has 4 aliphatic rings. The second kappa shape index (κ2) is 14.6. The van der Waals surface area contributed by atoms with Crippen LogP contribution in [-0.2, 0) is 20.9 Å². The number of rotatable bonds is 10. The lowest BCUT2D eigenvalue weighted by atomic mass is 9.87. The number of anilines is 1.